The average molecular weight is 421 g/mol. The molecule has 0 bridgehead atoms. The van der Waals surface area contributed by atoms with Crippen molar-refractivity contribution < 1.29 is 18.7 Å². The molecule has 166 valence electrons. The third-order valence-corrected chi connectivity index (χ3v) is 5.33. The van der Waals surface area contributed by atoms with Gasteiger partial charge in [0.2, 0.25) is 5.91 Å². The monoisotopic (exact) mass is 420 g/mol. The zero-order valence-corrected chi connectivity index (χ0v) is 18.1. The summed E-state index contributed by atoms with van der Waals surface area (Å²) in [6, 6.07) is 3.90. The molecule has 0 spiro atoms. The molecule has 2 amide bonds. The second kappa shape index (κ2) is 9.41. The highest BCUT2D eigenvalue weighted by Gasteiger charge is 2.33. The lowest BCUT2D eigenvalue weighted by Gasteiger charge is -2.35. The van der Waals surface area contributed by atoms with Crippen molar-refractivity contribution in [3.8, 4) is 0 Å². The van der Waals surface area contributed by atoms with E-state index in [1.165, 1.54) is 29.9 Å². The Morgan fingerprint density at radius 1 is 1.40 bits per heavy atom. The van der Waals surface area contributed by atoms with E-state index < -0.39 is 11.9 Å². The Bertz CT molecular complexity index is 776. The molecule has 3 N–H and O–H groups in total. The van der Waals surface area contributed by atoms with Gasteiger partial charge in [0, 0.05) is 31.9 Å². The number of morpholine rings is 1. The molecule has 0 radical (unpaired) electrons. The van der Waals surface area contributed by atoms with Gasteiger partial charge in [-0.25, -0.2) is 4.39 Å². The van der Waals surface area contributed by atoms with Crippen LogP contribution >= 0.6 is 0 Å². The maximum atomic E-state index is 14.7. The molecular weight excluding hydrogens is 387 g/mol. The number of rotatable bonds is 8. The van der Waals surface area contributed by atoms with Crippen LogP contribution in [-0.4, -0.2) is 62.1 Å². The minimum atomic E-state index is -0.558. The number of hydrogen-bond acceptors (Lipinski definition) is 5. The SMILES string of the molecule is CC(C)(C)CN(CC1CC1)[C@@H](CN)C(=O)Nc1ccc(N2CCOCC2=O)c(F)c1. The predicted octanol–water partition coefficient (Wildman–Crippen LogP) is 2.21. The summed E-state index contributed by atoms with van der Waals surface area (Å²) >= 11 is 0. The number of nitrogens with one attached hydrogen (secondary N) is 1. The van der Waals surface area contributed by atoms with Crippen LogP contribution in [0.2, 0.25) is 0 Å². The standard InChI is InChI=1S/C22H33FN4O3/c1-22(2,3)14-26(12-15-4-5-15)19(11-24)21(29)25-16-6-7-18(17(23)10-16)27-8-9-30-13-20(27)28/h6-7,10,15,19H,4-5,8-9,11-14,24H2,1-3H3,(H,25,29)/t19-/m0/s1. The first kappa shape index (κ1) is 22.7. The first-order valence-electron chi connectivity index (χ1n) is 10.6. The van der Waals surface area contributed by atoms with Gasteiger partial charge in [0.15, 0.2) is 0 Å². The van der Waals surface area contributed by atoms with Crippen molar-refractivity contribution in [3.63, 3.8) is 0 Å². The third-order valence-electron chi connectivity index (χ3n) is 5.33. The normalized spacial score (nSPS) is 18.6. The summed E-state index contributed by atoms with van der Waals surface area (Å²) in [5.74, 6) is -0.455. The van der Waals surface area contributed by atoms with Crippen molar-refractivity contribution >= 4 is 23.2 Å². The number of anilines is 2. The number of nitrogens with zero attached hydrogens (tertiary/aromatic N) is 2. The lowest BCUT2D eigenvalue weighted by Crippen LogP contribution is -2.51. The number of amides is 2. The minimum absolute atomic E-state index is 0.0288. The first-order chi connectivity index (χ1) is 14.2. The summed E-state index contributed by atoms with van der Waals surface area (Å²) in [5, 5.41) is 2.81. The summed E-state index contributed by atoms with van der Waals surface area (Å²) in [6.07, 6.45) is 2.37. The van der Waals surface area contributed by atoms with Crippen molar-refractivity contribution in [1.82, 2.24) is 4.90 Å². The molecule has 1 heterocycles. The Morgan fingerprint density at radius 2 is 2.13 bits per heavy atom. The number of hydrogen-bond donors (Lipinski definition) is 2. The first-order valence-corrected chi connectivity index (χ1v) is 10.6. The molecule has 7 nitrogen and oxygen atoms in total. The Balaban J connectivity index is 1.70. The fourth-order valence-corrected chi connectivity index (χ4v) is 3.77. The van der Waals surface area contributed by atoms with Crippen LogP contribution in [0.25, 0.3) is 0 Å². The summed E-state index contributed by atoms with van der Waals surface area (Å²) in [7, 11) is 0. The largest absolute Gasteiger partial charge is 0.370 e. The van der Waals surface area contributed by atoms with Crippen LogP contribution in [0.3, 0.4) is 0 Å². The van der Waals surface area contributed by atoms with E-state index in [1.54, 1.807) is 6.07 Å². The van der Waals surface area contributed by atoms with Crippen LogP contribution in [0, 0.1) is 17.2 Å². The molecule has 1 saturated carbocycles. The number of halogens is 1. The number of carbonyl (C=O) groups excluding carboxylic acids is 2. The van der Waals surface area contributed by atoms with Gasteiger partial charge in [-0.15, -0.1) is 0 Å². The zero-order chi connectivity index (χ0) is 21.9. The smallest absolute Gasteiger partial charge is 0.253 e. The fourth-order valence-electron chi connectivity index (χ4n) is 3.77. The van der Waals surface area contributed by atoms with Gasteiger partial charge in [-0.1, -0.05) is 20.8 Å². The van der Waals surface area contributed by atoms with Crippen LogP contribution in [0.4, 0.5) is 15.8 Å². The highest BCUT2D eigenvalue weighted by atomic mass is 19.1. The fraction of sp³-hybridized carbons (Fsp3) is 0.636. The lowest BCUT2D eigenvalue weighted by molar-refractivity contribution is -0.125. The van der Waals surface area contributed by atoms with Gasteiger partial charge in [-0.05, 0) is 42.4 Å². The molecule has 1 aromatic carbocycles. The van der Waals surface area contributed by atoms with Gasteiger partial charge < -0.3 is 20.7 Å². The molecule has 1 saturated heterocycles. The molecule has 8 heteroatoms. The summed E-state index contributed by atoms with van der Waals surface area (Å²) in [5.41, 5.74) is 6.55. The lowest BCUT2D eigenvalue weighted by atomic mass is 9.94. The maximum Gasteiger partial charge on any atom is 0.253 e. The molecule has 0 unspecified atom stereocenters. The minimum Gasteiger partial charge on any atom is -0.370 e. The molecule has 1 atom stereocenters. The van der Waals surface area contributed by atoms with Crippen molar-refractivity contribution in [2.45, 2.75) is 39.7 Å². The number of ether oxygens (including phenoxy) is 1. The molecule has 1 aliphatic carbocycles. The topological polar surface area (TPSA) is 87.9 Å². The molecule has 3 rings (SSSR count). The van der Waals surface area contributed by atoms with E-state index in [2.05, 4.69) is 31.0 Å². The van der Waals surface area contributed by atoms with Crippen molar-refractivity contribution in [2.24, 2.45) is 17.1 Å². The highest BCUT2D eigenvalue weighted by Crippen LogP contribution is 2.32. The second-order valence-corrected chi connectivity index (χ2v) is 9.44. The quantitative estimate of drug-likeness (QED) is 0.673. The Hall–Kier alpha value is -2.03. The van der Waals surface area contributed by atoms with Crippen LogP contribution in [0.15, 0.2) is 18.2 Å². The van der Waals surface area contributed by atoms with Crippen molar-refractivity contribution in [2.75, 3.05) is 49.6 Å². The molecule has 1 aliphatic heterocycles. The zero-order valence-electron chi connectivity index (χ0n) is 18.1. The molecule has 0 aromatic heterocycles. The van der Waals surface area contributed by atoms with Gasteiger partial charge >= 0.3 is 0 Å². The van der Waals surface area contributed by atoms with E-state index in [9.17, 15) is 14.0 Å². The van der Waals surface area contributed by atoms with Crippen LogP contribution in [-0.2, 0) is 14.3 Å². The number of nitrogens with two attached hydrogens (primary N) is 1. The van der Waals surface area contributed by atoms with Crippen LogP contribution in [0.1, 0.15) is 33.6 Å². The van der Waals surface area contributed by atoms with Gasteiger partial charge in [0.25, 0.3) is 5.91 Å². The summed E-state index contributed by atoms with van der Waals surface area (Å²) in [6.45, 7) is 8.83. The summed E-state index contributed by atoms with van der Waals surface area (Å²) in [4.78, 5) is 28.5. The van der Waals surface area contributed by atoms with Gasteiger partial charge in [0.05, 0.1) is 12.3 Å². The Labute approximate surface area is 177 Å². The van der Waals surface area contributed by atoms with Gasteiger partial charge in [-0.2, -0.15) is 0 Å². The molecule has 2 fully saturated rings. The highest BCUT2D eigenvalue weighted by molar-refractivity contribution is 5.97. The average Bonchev–Trinajstić information content (AvgIpc) is 3.46. The molecule has 1 aromatic rings. The van der Waals surface area contributed by atoms with E-state index in [-0.39, 0.29) is 36.1 Å². The van der Waals surface area contributed by atoms with Crippen LogP contribution in [0.5, 0.6) is 0 Å². The molecular formula is C22H33FN4O3. The molecule has 30 heavy (non-hydrogen) atoms. The Morgan fingerprint density at radius 3 is 2.70 bits per heavy atom. The van der Waals surface area contributed by atoms with E-state index >= 15 is 0 Å². The van der Waals surface area contributed by atoms with E-state index in [1.807, 2.05) is 0 Å². The Kier molecular flexibility index (Phi) is 7.10. The predicted molar refractivity (Wildman–Crippen MR) is 115 cm³/mol. The van der Waals surface area contributed by atoms with Crippen molar-refractivity contribution in [3.05, 3.63) is 24.0 Å². The van der Waals surface area contributed by atoms with Crippen molar-refractivity contribution in [1.29, 1.82) is 0 Å². The van der Waals surface area contributed by atoms with Gasteiger partial charge in [-0.3, -0.25) is 14.5 Å². The number of carbonyl (C=O) groups is 2. The maximum absolute atomic E-state index is 14.7. The third kappa shape index (κ3) is 6.00. The summed E-state index contributed by atoms with van der Waals surface area (Å²) < 4.78 is 19.8. The van der Waals surface area contributed by atoms with E-state index in [0.29, 0.717) is 24.8 Å². The van der Waals surface area contributed by atoms with Crippen LogP contribution < -0.4 is 16.0 Å². The second-order valence-electron chi connectivity index (χ2n) is 9.44. The van der Waals surface area contributed by atoms with Gasteiger partial charge in [0.1, 0.15) is 18.5 Å². The molecule has 2 aliphatic rings. The number of benzene rings is 1. The van der Waals surface area contributed by atoms with E-state index in [0.717, 1.165) is 13.1 Å². The van der Waals surface area contributed by atoms with E-state index in [4.69, 9.17) is 10.5 Å².